The highest BCUT2D eigenvalue weighted by atomic mass is 32.2. The Kier molecular flexibility index (Phi) is 6.65. The number of anilines is 1. The number of alkyl halides is 2. The van der Waals surface area contributed by atoms with Gasteiger partial charge < -0.3 is 10.1 Å². The van der Waals surface area contributed by atoms with Gasteiger partial charge in [0.25, 0.3) is 5.91 Å². The van der Waals surface area contributed by atoms with Gasteiger partial charge in [-0.1, -0.05) is 29.8 Å². The van der Waals surface area contributed by atoms with Crippen LogP contribution in [-0.4, -0.2) is 37.0 Å². The predicted octanol–water partition coefficient (Wildman–Crippen LogP) is 5.10. The van der Waals surface area contributed by atoms with Crippen molar-refractivity contribution in [2.75, 3.05) is 12.4 Å². The number of amides is 1. The number of rotatable bonds is 7. The zero-order chi connectivity index (χ0) is 25.2. The minimum absolute atomic E-state index is 0.0914. The number of para-hydroxylation sites is 1. The Hall–Kier alpha value is -4.05. The van der Waals surface area contributed by atoms with Crippen molar-refractivity contribution in [3.8, 4) is 22.7 Å². The van der Waals surface area contributed by atoms with Gasteiger partial charge in [-0.25, -0.2) is 13.1 Å². The van der Waals surface area contributed by atoms with Crippen molar-refractivity contribution in [1.82, 2.24) is 9.78 Å². The number of nitrogens with one attached hydrogen (secondary N) is 1. The summed E-state index contributed by atoms with van der Waals surface area (Å²) in [7, 11) is -3.20. The smallest absolute Gasteiger partial charge is 0.341 e. The monoisotopic (exact) mass is 497 g/mol. The molecule has 0 radical (unpaired) electrons. The molecular formula is C25H21F2N3O4S. The average molecular weight is 498 g/mol. The molecule has 0 aliphatic carbocycles. The number of aromatic nitrogens is 2. The highest BCUT2D eigenvalue weighted by Gasteiger charge is 2.26. The first-order valence-electron chi connectivity index (χ1n) is 10.4. The highest BCUT2D eigenvalue weighted by molar-refractivity contribution is 7.91. The molecular weight excluding hydrogens is 476 g/mol. The summed E-state index contributed by atoms with van der Waals surface area (Å²) in [6, 6.07) is 20.9. The Bertz CT molecular complexity index is 1470. The quantitative estimate of drug-likeness (QED) is 0.384. The van der Waals surface area contributed by atoms with Crippen LogP contribution in [0.3, 0.4) is 0 Å². The van der Waals surface area contributed by atoms with E-state index in [0.29, 0.717) is 22.9 Å². The summed E-state index contributed by atoms with van der Waals surface area (Å²) in [5.74, 6) is -3.15. The number of carbonyl (C=O) groups is 1. The zero-order valence-corrected chi connectivity index (χ0v) is 19.6. The van der Waals surface area contributed by atoms with Gasteiger partial charge in [0.15, 0.2) is 0 Å². The summed E-state index contributed by atoms with van der Waals surface area (Å²) in [4.78, 5) is 12.4. The maximum Gasteiger partial charge on any atom is 0.341 e. The number of carbonyl (C=O) groups excluding carboxylic acids is 1. The van der Waals surface area contributed by atoms with Gasteiger partial charge in [0.2, 0.25) is 9.84 Å². The van der Waals surface area contributed by atoms with Crippen LogP contribution in [0.4, 0.5) is 14.6 Å². The molecule has 7 nitrogen and oxygen atoms in total. The second-order valence-corrected chi connectivity index (χ2v) is 9.56. The maximum atomic E-state index is 12.9. The number of halogens is 2. The minimum atomic E-state index is -4.75. The summed E-state index contributed by atoms with van der Waals surface area (Å²) in [5.41, 5.74) is 3.11. The fraction of sp³-hybridized carbons (Fsp3) is 0.120. The number of methoxy groups -OCH3 is 1. The van der Waals surface area contributed by atoms with Crippen LogP contribution in [0.15, 0.2) is 83.8 Å². The van der Waals surface area contributed by atoms with Crippen molar-refractivity contribution < 1.29 is 26.7 Å². The first kappa shape index (κ1) is 24.1. The maximum absolute atomic E-state index is 12.9. The number of nitrogens with zero attached hydrogens (tertiary/aromatic N) is 2. The van der Waals surface area contributed by atoms with Gasteiger partial charge in [0, 0.05) is 17.2 Å². The van der Waals surface area contributed by atoms with E-state index in [2.05, 4.69) is 10.4 Å². The molecule has 0 unspecified atom stereocenters. The van der Waals surface area contributed by atoms with E-state index in [-0.39, 0.29) is 5.56 Å². The van der Waals surface area contributed by atoms with Crippen molar-refractivity contribution in [3.63, 3.8) is 0 Å². The number of benzene rings is 3. The number of ether oxygens (including phenoxy) is 1. The summed E-state index contributed by atoms with van der Waals surface area (Å²) in [5, 5.41) is 7.43. The topological polar surface area (TPSA) is 90.3 Å². The lowest BCUT2D eigenvalue weighted by molar-refractivity contribution is 0.102. The molecule has 10 heteroatoms. The first-order valence-corrected chi connectivity index (χ1v) is 12.0. The lowest BCUT2D eigenvalue weighted by Crippen LogP contribution is -2.16. The van der Waals surface area contributed by atoms with E-state index in [0.717, 1.165) is 23.3 Å². The van der Waals surface area contributed by atoms with Crippen molar-refractivity contribution >= 4 is 21.6 Å². The van der Waals surface area contributed by atoms with Crippen LogP contribution in [0.2, 0.25) is 0 Å². The van der Waals surface area contributed by atoms with E-state index in [4.69, 9.17) is 4.74 Å². The molecule has 180 valence electrons. The lowest BCUT2D eigenvalue weighted by Gasteiger charge is -2.10. The number of aryl methyl sites for hydroxylation is 1. The van der Waals surface area contributed by atoms with E-state index >= 15 is 0 Å². The third-order valence-corrected chi connectivity index (χ3v) is 6.69. The molecule has 1 amide bonds. The van der Waals surface area contributed by atoms with E-state index in [1.165, 1.54) is 12.1 Å². The molecule has 0 spiro atoms. The van der Waals surface area contributed by atoms with Gasteiger partial charge in [-0.05, 0) is 55.5 Å². The Balaban J connectivity index is 1.71. The molecule has 0 aliphatic heterocycles. The third-order valence-electron chi connectivity index (χ3n) is 5.29. The highest BCUT2D eigenvalue weighted by Crippen LogP contribution is 2.32. The van der Waals surface area contributed by atoms with Crippen molar-refractivity contribution in [2.24, 2.45) is 0 Å². The molecule has 1 heterocycles. The molecule has 35 heavy (non-hydrogen) atoms. The summed E-state index contributed by atoms with van der Waals surface area (Å²) in [6.45, 7) is 1.95. The Morgan fingerprint density at radius 3 is 2.29 bits per heavy atom. The number of hydrogen-bond acceptors (Lipinski definition) is 5. The molecule has 1 aromatic heterocycles. The molecule has 0 bridgehead atoms. The normalized spacial score (nSPS) is 11.5. The Morgan fingerprint density at radius 1 is 1.00 bits per heavy atom. The SMILES string of the molecule is COc1ccccc1-c1cc(NC(=O)c2ccc(S(=O)(=O)C(F)F)cc2)n(-c2ccc(C)cc2)n1. The predicted molar refractivity (Wildman–Crippen MR) is 128 cm³/mol. The van der Waals surface area contributed by atoms with Crippen LogP contribution in [0.25, 0.3) is 16.9 Å². The second-order valence-electron chi connectivity index (χ2n) is 7.65. The van der Waals surface area contributed by atoms with Crippen molar-refractivity contribution in [3.05, 3.63) is 90.0 Å². The van der Waals surface area contributed by atoms with Crippen LogP contribution >= 0.6 is 0 Å². The molecule has 3 aromatic carbocycles. The lowest BCUT2D eigenvalue weighted by atomic mass is 10.1. The minimum Gasteiger partial charge on any atom is -0.496 e. The van der Waals surface area contributed by atoms with Crippen LogP contribution in [0.5, 0.6) is 5.75 Å². The Labute approximate surface area is 200 Å². The van der Waals surface area contributed by atoms with Crippen molar-refractivity contribution in [2.45, 2.75) is 17.6 Å². The van der Waals surface area contributed by atoms with Gasteiger partial charge >= 0.3 is 5.76 Å². The molecule has 4 aromatic rings. The molecule has 0 saturated heterocycles. The van der Waals surface area contributed by atoms with Gasteiger partial charge in [0.1, 0.15) is 11.6 Å². The second kappa shape index (κ2) is 9.67. The standard InChI is InChI=1S/C25H21F2N3O4S/c1-16-7-11-18(12-8-16)30-23(15-21(29-30)20-5-3-4-6-22(20)34-2)28-24(31)17-9-13-19(14-10-17)35(32,33)25(26)27/h3-15,25H,1-2H3,(H,28,31). The largest absolute Gasteiger partial charge is 0.496 e. The fourth-order valence-electron chi connectivity index (χ4n) is 3.43. The molecule has 0 atom stereocenters. The van der Waals surface area contributed by atoms with Crippen LogP contribution in [0, 0.1) is 6.92 Å². The van der Waals surface area contributed by atoms with Crippen molar-refractivity contribution in [1.29, 1.82) is 0 Å². The number of hydrogen-bond donors (Lipinski definition) is 1. The average Bonchev–Trinajstić information content (AvgIpc) is 3.27. The molecule has 0 saturated carbocycles. The molecule has 0 aliphatic rings. The van der Waals surface area contributed by atoms with Gasteiger partial charge in [-0.3, -0.25) is 4.79 Å². The van der Waals surface area contributed by atoms with E-state index in [1.807, 2.05) is 49.4 Å². The van der Waals surface area contributed by atoms with Crippen LogP contribution in [0.1, 0.15) is 15.9 Å². The number of sulfone groups is 1. The summed E-state index contributed by atoms with van der Waals surface area (Å²) in [6.07, 6.45) is 0. The van der Waals surface area contributed by atoms with Gasteiger partial charge in [0.05, 0.1) is 23.4 Å². The van der Waals surface area contributed by atoms with Gasteiger partial charge in [-0.2, -0.15) is 13.9 Å². The molecule has 0 fully saturated rings. The molecule has 4 rings (SSSR count). The summed E-state index contributed by atoms with van der Waals surface area (Å²) >= 11 is 0. The van der Waals surface area contributed by atoms with E-state index in [1.54, 1.807) is 23.9 Å². The van der Waals surface area contributed by atoms with Crippen LogP contribution < -0.4 is 10.1 Å². The van der Waals surface area contributed by atoms with E-state index in [9.17, 15) is 22.0 Å². The zero-order valence-electron chi connectivity index (χ0n) is 18.8. The Morgan fingerprint density at radius 2 is 1.66 bits per heavy atom. The van der Waals surface area contributed by atoms with Crippen LogP contribution in [-0.2, 0) is 9.84 Å². The first-order chi connectivity index (χ1) is 16.7. The summed E-state index contributed by atoms with van der Waals surface area (Å²) < 4.78 is 55.9. The molecule has 1 N–H and O–H groups in total. The van der Waals surface area contributed by atoms with Gasteiger partial charge in [-0.15, -0.1) is 0 Å². The van der Waals surface area contributed by atoms with E-state index < -0.39 is 26.4 Å². The fourth-order valence-corrected chi connectivity index (χ4v) is 4.15. The third kappa shape index (κ3) is 4.92.